The number of amides is 2. The van der Waals surface area contributed by atoms with Gasteiger partial charge in [0.15, 0.2) is 0 Å². The number of unbranched alkanes of at least 4 members (excludes halogenated alkanes) is 1. The van der Waals surface area contributed by atoms with E-state index < -0.39 is 18.1 Å². The number of rotatable bonds is 8. The lowest BCUT2D eigenvalue weighted by molar-refractivity contribution is -0.189. The summed E-state index contributed by atoms with van der Waals surface area (Å²) in [5.74, 6) is -1.84. The number of alkyl halides is 3. The Morgan fingerprint density at radius 1 is 1.29 bits per heavy atom. The lowest BCUT2D eigenvalue weighted by Crippen LogP contribution is -2.54. The lowest BCUT2D eigenvalue weighted by Gasteiger charge is -2.39. The molecule has 2 amide bonds. The summed E-state index contributed by atoms with van der Waals surface area (Å²) in [6.07, 6.45) is -1.45. The van der Waals surface area contributed by atoms with E-state index >= 15 is 0 Å². The Morgan fingerprint density at radius 2 is 2.00 bits per heavy atom. The van der Waals surface area contributed by atoms with Crippen LogP contribution in [0.3, 0.4) is 0 Å². The molecule has 1 saturated heterocycles. The Labute approximate surface area is 141 Å². The highest BCUT2D eigenvalue weighted by Crippen LogP contribution is 2.24. The molecule has 0 unspecified atom stereocenters. The third kappa shape index (κ3) is 6.30. The molecule has 5 nitrogen and oxygen atoms in total. The van der Waals surface area contributed by atoms with Crippen LogP contribution in [0.5, 0.6) is 0 Å². The number of carbonyl (C=O) groups excluding carboxylic acids is 2. The third-order valence-electron chi connectivity index (χ3n) is 4.26. The van der Waals surface area contributed by atoms with E-state index in [1.165, 1.54) is 0 Å². The SMILES string of the molecule is CCCCN(C(=O)C(F)(F)F)[C@@H]1CCCN(C(=O)CCCNC)C1. The molecule has 0 aromatic carbocycles. The standard InChI is InChI=1S/C16H28F3N3O2/c1-3-4-11-22(15(24)16(17,18)19)13-7-6-10-21(12-13)14(23)8-5-9-20-2/h13,20H,3-12H2,1-2H3/t13-/m1/s1. The van der Waals surface area contributed by atoms with Crippen molar-refractivity contribution in [2.75, 3.05) is 33.2 Å². The predicted octanol–water partition coefficient (Wildman–Crippen LogP) is 2.17. The van der Waals surface area contributed by atoms with Crippen molar-refractivity contribution >= 4 is 11.8 Å². The fourth-order valence-corrected chi connectivity index (χ4v) is 2.95. The number of halogens is 3. The van der Waals surface area contributed by atoms with Crippen LogP contribution >= 0.6 is 0 Å². The summed E-state index contributed by atoms with van der Waals surface area (Å²) in [7, 11) is 1.80. The van der Waals surface area contributed by atoms with Gasteiger partial charge < -0.3 is 15.1 Å². The maximum atomic E-state index is 12.9. The van der Waals surface area contributed by atoms with Crippen LogP contribution in [0.4, 0.5) is 13.2 Å². The highest BCUT2D eigenvalue weighted by atomic mass is 19.4. The number of nitrogens with one attached hydrogen (secondary N) is 1. The molecule has 1 N–H and O–H groups in total. The van der Waals surface area contributed by atoms with Gasteiger partial charge in [-0.25, -0.2) is 0 Å². The molecule has 1 aliphatic heterocycles. The van der Waals surface area contributed by atoms with Crippen molar-refractivity contribution in [3.63, 3.8) is 0 Å². The first-order chi connectivity index (χ1) is 11.3. The quantitative estimate of drug-likeness (QED) is 0.682. The summed E-state index contributed by atoms with van der Waals surface area (Å²) in [4.78, 5) is 26.5. The van der Waals surface area contributed by atoms with Gasteiger partial charge in [0, 0.05) is 32.1 Å². The van der Waals surface area contributed by atoms with Gasteiger partial charge in [0.1, 0.15) is 0 Å². The fourth-order valence-electron chi connectivity index (χ4n) is 2.95. The van der Waals surface area contributed by atoms with Gasteiger partial charge in [-0.05, 0) is 39.3 Å². The van der Waals surface area contributed by atoms with Crippen molar-refractivity contribution in [2.45, 2.75) is 57.7 Å². The number of likely N-dealkylation sites (tertiary alicyclic amines) is 1. The Morgan fingerprint density at radius 3 is 2.58 bits per heavy atom. The fraction of sp³-hybridized carbons (Fsp3) is 0.875. The zero-order chi connectivity index (χ0) is 18.2. The lowest BCUT2D eigenvalue weighted by atomic mass is 10.0. The van der Waals surface area contributed by atoms with Gasteiger partial charge in [0.05, 0.1) is 0 Å². The van der Waals surface area contributed by atoms with Gasteiger partial charge in [-0.3, -0.25) is 9.59 Å². The van der Waals surface area contributed by atoms with E-state index in [-0.39, 0.29) is 19.0 Å². The molecule has 0 aromatic heterocycles. The van der Waals surface area contributed by atoms with Crippen LogP contribution in [-0.2, 0) is 9.59 Å². The second kappa shape index (κ2) is 9.86. The second-order valence-corrected chi connectivity index (χ2v) is 6.19. The van der Waals surface area contributed by atoms with E-state index in [0.717, 1.165) is 11.4 Å². The average molecular weight is 351 g/mol. The number of piperidine rings is 1. The molecule has 1 rings (SSSR count). The molecule has 24 heavy (non-hydrogen) atoms. The van der Waals surface area contributed by atoms with Gasteiger partial charge in [-0.2, -0.15) is 13.2 Å². The van der Waals surface area contributed by atoms with E-state index in [9.17, 15) is 22.8 Å². The monoisotopic (exact) mass is 351 g/mol. The first kappa shape index (κ1) is 20.7. The maximum Gasteiger partial charge on any atom is 0.471 e. The maximum absolute atomic E-state index is 12.9. The van der Waals surface area contributed by atoms with Gasteiger partial charge in [-0.1, -0.05) is 13.3 Å². The van der Waals surface area contributed by atoms with Crippen molar-refractivity contribution in [1.82, 2.24) is 15.1 Å². The number of nitrogens with zero attached hydrogens (tertiary/aromatic N) is 2. The molecule has 140 valence electrons. The summed E-state index contributed by atoms with van der Waals surface area (Å²) in [5.41, 5.74) is 0. The minimum absolute atomic E-state index is 0.0511. The van der Waals surface area contributed by atoms with Crippen molar-refractivity contribution in [2.24, 2.45) is 0 Å². The van der Waals surface area contributed by atoms with Crippen LogP contribution < -0.4 is 5.32 Å². The van der Waals surface area contributed by atoms with Crippen LogP contribution in [0, 0.1) is 0 Å². The molecule has 1 heterocycles. The van der Waals surface area contributed by atoms with Crippen molar-refractivity contribution in [3.8, 4) is 0 Å². The van der Waals surface area contributed by atoms with Crippen LogP contribution in [-0.4, -0.2) is 67.1 Å². The minimum Gasteiger partial charge on any atom is -0.341 e. The van der Waals surface area contributed by atoms with E-state index in [2.05, 4.69) is 5.32 Å². The van der Waals surface area contributed by atoms with Crippen LogP contribution in [0.1, 0.15) is 45.4 Å². The zero-order valence-corrected chi connectivity index (χ0v) is 14.5. The molecule has 0 aromatic rings. The molecule has 0 aliphatic carbocycles. The van der Waals surface area contributed by atoms with Crippen LogP contribution in [0.2, 0.25) is 0 Å². The van der Waals surface area contributed by atoms with E-state index in [0.29, 0.717) is 45.1 Å². The van der Waals surface area contributed by atoms with Crippen LogP contribution in [0.15, 0.2) is 0 Å². The normalized spacial score (nSPS) is 18.5. The molecule has 0 spiro atoms. The average Bonchev–Trinajstić information content (AvgIpc) is 2.54. The molecular formula is C16H28F3N3O2. The van der Waals surface area contributed by atoms with E-state index in [1.807, 2.05) is 6.92 Å². The molecule has 0 saturated carbocycles. The first-order valence-corrected chi connectivity index (χ1v) is 8.61. The summed E-state index contributed by atoms with van der Waals surface area (Å²) < 4.78 is 38.6. The predicted molar refractivity (Wildman–Crippen MR) is 85.4 cm³/mol. The Kier molecular flexibility index (Phi) is 8.52. The topological polar surface area (TPSA) is 52.7 Å². The summed E-state index contributed by atoms with van der Waals surface area (Å²) in [6, 6.07) is -0.548. The molecule has 8 heteroatoms. The van der Waals surface area contributed by atoms with Crippen molar-refractivity contribution in [3.05, 3.63) is 0 Å². The molecule has 1 fully saturated rings. The Bertz CT molecular complexity index is 416. The van der Waals surface area contributed by atoms with E-state index in [1.54, 1.807) is 11.9 Å². The largest absolute Gasteiger partial charge is 0.471 e. The van der Waals surface area contributed by atoms with Gasteiger partial charge >= 0.3 is 12.1 Å². The highest BCUT2D eigenvalue weighted by Gasteiger charge is 2.45. The molecular weight excluding hydrogens is 323 g/mol. The van der Waals surface area contributed by atoms with Gasteiger partial charge in [0.2, 0.25) is 5.91 Å². The molecule has 0 radical (unpaired) electrons. The highest BCUT2D eigenvalue weighted by molar-refractivity contribution is 5.82. The smallest absolute Gasteiger partial charge is 0.341 e. The second-order valence-electron chi connectivity index (χ2n) is 6.19. The van der Waals surface area contributed by atoms with E-state index in [4.69, 9.17) is 0 Å². The first-order valence-electron chi connectivity index (χ1n) is 8.61. The van der Waals surface area contributed by atoms with Gasteiger partial charge in [0.25, 0.3) is 0 Å². The summed E-state index contributed by atoms with van der Waals surface area (Å²) in [6.45, 7) is 3.43. The summed E-state index contributed by atoms with van der Waals surface area (Å²) >= 11 is 0. The van der Waals surface area contributed by atoms with Crippen LogP contribution in [0.25, 0.3) is 0 Å². The molecule has 0 bridgehead atoms. The minimum atomic E-state index is -4.87. The Balaban J connectivity index is 2.72. The summed E-state index contributed by atoms with van der Waals surface area (Å²) in [5, 5.41) is 2.96. The Hall–Kier alpha value is -1.31. The van der Waals surface area contributed by atoms with Crippen molar-refractivity contribution in [1.29, 1.82) is 0 Å². The number of hydrogen-bond donors (Lipinski definition) is 1. The van der Waals surface area contributed by atoms with Gasteiger partial charge in [-0.15, -0.1) is 0 Å². The van der Waals surface area contributed by atoms with Crippen molar-refractivity contribution < 1.29 is 22.8 Å². The number of hydrogen-bond acceptors (Lipinski definition) is 3. The third-order valence-corrected chi connectivity index (χ3v) is 4.26. The molecule has 1 atom stereocenters. The molecule has 1 aliphatic rings. The number of carbonyl (C=O) groups is 2. The zero-order valence-electron chi connectivity index (χ0n) is 14.5.